The van der Waals surface area contributed by atoms with E-state index in [9.17, 15) is 9.59 Å². The molecule has 2 aromatic rings. The molecule has 0 saturated carbocycles. The zero-order valence-corrected chi connectivity index (χ0v) is 11.1. The predicted octanol–water partition coefficient (Wildman–Crippen LogP) is 3.37. The van der Waals surface area contributed by atoms with Crippen LogP contribution in [0, 0.1) is 0 Å². The maximum atomic E-state index is 11.9. The molecule has 0 unspecified atom stereocenters. The molecule has 1 heterocycles. The number of nitrogens with one attached hydrogen (secondary N) is 1. The van der Waals surface area contributed by atoms with Crippen LogP contribution >= 0.6 is 23.2 Å². The van der Waals surface area contributed by atoms with Crippen LogP contribution < -0.4 is 5.32 Å². The first-order valence-corrected chi connectivity index (χ1v) is 6.05. The summed E-state index contributed by atoms with van der Waals surface area (Å²) in [5, 5.41) is 2.03. The van der Waals surface area contributed by atoms with E-state index in [-0.39, 0.29) is 16.5 Å². The predicted molar refractivity (Wildman–Crippen MR) is 73.8 cm³/mol. The number of amides is 1. The topological polar surface area (TPSA) is 59.1 Å². The molecule has 19 heavy (non-hydrogen) atoms. The Kier molecular flexibility index (Phi) is 4.14. The average Bonchev–Trinajstić information content (AvgIpc) is 2.41. The van der Waals surface area contributed by atoms with Crippen molar-refractivity contribution in [3.63, 3.8) is 0 Å². The second-order valence-corrected chi connectivity index (χ2v) is 4.36. The second kappa shape index (κ2) is 5.82. The molecule has 2 rings (SSSR count). The van der Waals surface area contributed by atoms with Crippen LogP contribution in [0.5, 0.6) is 0 Å². The Balaban J connectivity index is 2.27. The smallest absolute Gasteiger partial charge is 0.257 e. The Bertz CT molecular complexity index is 630. The third-order valence-electron chi connectivity index (χ3n) is 2.38. The van der Waals surface area contributed by atoms with Crippen molar-refractivity contribution < 1.29 is 9.59 Å². The zero-order valence-electron chi connectivity index (χ0n) is 9.56. The molecular formula is C13H8Cl2N2O2. The minimum Gasteiger partial charge on any atom is -0.321 e. The van der Waals surface area contributed by atoms with Gasteiger partial charge in [0.25, 0.3) is 11.1 Å². The summed E-state index contributed by atoms with van der Waals surface area (Å²) < 4.78 is 0. The van der Waals surface area contributed by atoms with E-state index >= 15 is 0 Å². The van der Waals surface area contributed by atoms with Gasteiger partial charge in [0.1, 0.15) is 0 Å². The maximum absolute atomic E-state index is 11.9. The largest absolute Gasteiger partial charge is 0.321 e. The maximum Gasteiger partial charge on any atom is 0.257 e. The Morgan fingerprint density at radius 2 is 1.95 bits per heavy atom. The first-order chi connectivity index (χ1) is 9.09. The number of pyridine rings is 1. The third-order valence-corrected chi connectivity index (χ3v) is 2.99. The van der Waals surface area contributed by atoms with Gasteiger partial charge in [-0.1, -0.05) is 17.7 Å². The van der Waals surface area contributed by atoms with Gasteiger partial charge < -0.3 is 5.32 Å². The van der Waals surface area contributed by atoms with Crippen molar-refractivity contribution in [2.24, 2.45) is 0 Å². The van der Waals surface area contributed by atoms with E-state index in [0.717, 1.165) is 0 Å². The summed E-state index contributed by atoms with van der Waals surface area (Å²) in [5.41, 5.74) is 0.857. The molecule has 1 aromatic heterocycles. The molecule has 6 heteroatoms. The molecule has 0 saturated heterocycles. The number of carbonyl (C=O) groups is 2. The first-order valence-electron chi connectivity index (χ1n) is 5.29. The van der Waals surface area contributed by atoms with Gasteiger partial charge in [-0.25, -0.2) is 0 Å². The van der Waals surface area contributed by atoms with Crippen molar-refractivity contribution in [3.8, 4) is 0 Å². The molecule has 1 amide bonds. The molecule has 0 fully saturated rings. The Hall–Kier alpha value is -1.91. The Morgan fingerprint density at radius 1 is 1.16 bits per heavy atom. The molecule has 1 N–H and O–H groups in total. The Labute approximate surface area is 119 Å². The van der Waals surface area contributed by atoms with Crippen LogP contribution in [0.3, 0.4) is 0 Å². The van der Waals surface area contributed by atoms with E-state index in [4.69, 9.17) is 23.2 Å². The molecular weight excluding hydrogens is 287 g/mol. The molecule has 0 radical (unpaired) electrons. The van der Waals surface area contributed by atoms with Crippen molar-refractivity contribution in [2.45, 2.75) is 0 Å². The minimum atomic E-state index is -0.678. The fourth-order valence-corrected chi connectivity index (χ4v) is 1.94. The van der Waals surface area contributed by atoms with E-state index in [1.54, 1.807) is 30.5 Å². The highest BCUT2D eigenvalue weighted by molar-refractivity contribution is 6.69. The fourth-order valence-electron chi connectivity index (χ4n) is 1.47. The molecule has 0 bridgehead atoms. The number of aromatic nitrogens is 1. The van der Waals surface area contributed by atoms with Crippen molar-refractivity contribution in [1.82, 2.24) is 4.98 Å². The van der Waals surface area contributed by atoms with Crippen LogP contribution in [0.1, 0.15) is 20.7 Å². The van der Waals surface area contributed by atoms with E-state index in [1.165, 1.54) is 12.3 Å². The molecule has 0 aliphatic rings. The lowest BCUT2D eigenvalue weighted by molar-refractivity contribution is 0.102. The number of hydrogen-bond donors (Lipinski definition) is 1. The van der Waals surface area contributed by atoms with Crippen molar-refractivity contribution in [3.05, 3.63) is 58.9 Å². The van der Waals surface area contributed by atoms with Gasteiger partial charge in [-0.15, -0.1) is 0 Å². The highest BCUT2D eigenvalue weighted by Crippen LogP contribution is 2.27. The number of nitrogens with zero attached hydrogens (tertiary/aromatic N) is 1. The molecule has 96 valence electrons. The Morgan fingerprint density at radius 3 is 2.58 bits per heavy atom. The molecule has 0 aliphatic heterocycles. The van der Waals surface area contributed by atoms with E-state index in [0.29, 0.717) is 11.3 Å². The quantitative estimate of drug-likeness (QED) is 0.883. The lowest BCUT2D eigenvalue weighted by Crippen LogP contribution is -2.12. The lowest BCUT2D eigenvalue weighted by Gasteiger charge is -2.08. The van der Waals surface area contributed by atoms with Gasteiger partial charge in [0.15, 0.2) is 0 Å². The summed E-state index contributed by atoms with van der Waals surface area (Å²) in [6.07, 6.45) is 3.00. The number of halogens is 2. The monoisotopic (exact) mass is 294 g/mol. The van der Waals surface area contributed by atoms with E-state index in [1.807, 2.05) is 0 Å². The lowest BCUT2D eigenvalue weighted by atomic mass is 10.2. The van der Waals surface area contributed by atoms with Crippen LogP contribution in [0.4, 0.5) is 5.69 Å². The summed E-state index contributed by atoms with van der Waals surface area (Å²) in [6.45, 7) is 0. The summed E-state index contributed by atoms with van der Waals surface area (Å²) in [6, 6.07) is 7.92. The highest BCUT2D eigenvalue weighted by atomic mass is 35.5. The van der Waals surface area contributed by atoms with Gasteiger partial charge in [0.05, 0.1) is 21.8 Å². The number of rotatable bonds is 3. The van der Waals surface area contributed by atoms with Gasteiger partial charge in [0, 0.05) is 12.4 Å². The van der Waals surface area contributed by atoms with Gasteiger partial charge in [0.2, 0.25) is 0 Å². The van der Waals surface area contributed by atoms with Gasteiger partial charge in [-0.05, 0) is 35.9 Å². The highest BCUT2D eigenvalue weighted by Gasteiger charge is 2.13. The molecule has 0 spiro atoms. The standard InChI is InChI=1S/C13H8Cl2N2O2/c14-11-9(12(15)18)4-1-5-10(11)17-13(19)8-3-2-6-16-7-8/h1-7H,(H,17,19). The molecule has 0 aliphatic carbocycles. The molecule has 4 nitrogen and oxygen atoms in total. The van der Waals surface area contributed by atoms with Crippen LogP contribution in [-0.4, -0.2) is 16.1 Å². The fraction of sp³-hybridized carbons (Fsp3) is 0. The summed E-state index contributed by atoms with van der Waals surface area (Å²) >= 11 is 11.4. The van der Waals surface area contributed by atoms with Crippen LogP contribution in [-0.2, 0) is 0 Å². The zero-order chi connectivity index (χ0) is 13.8. The number of anilines is 1. The normalized spacial score (nSPS) is 10.0. The van der Waals surface area contributed by atoms with Crippen molar-refractivity contribution in [2.75, 3.05) is 5.32 Å². The van der Waals surface area contributed by atoms with Gasteiger partial charge >= 0.3 is 0 Å². The summed E-state index contributed by atoms with van der Waals surface area (Å²) in [7, 11) is 0. The van der Waals surface area contributed by atoms with Crippen LogP contribution in [0.25, 0.3) is 0 Å². The second-order valence-electron chi connectivity index (χ2n) is 3.64. The van der Waals surface area contributed by atoms with Gasteiger partial charge in [-0.3, -0.25) is 14.6 Å². The SMILES string of the molecule is O=C(Nc1cccc(C(=O)Cl)c1Cl)c1cccnc1. The minimum absolute atomic E-state index is 0.111. The van der Waals surface area contributed by atoms with E-state index < -0.39 is 5.24 Å². The summed E-state index contributed by atoms with van der Waals surface area (Å²) in [5.74, 6) is -0.367. The van der Waals surface area contributed by atoms with Crippen molar-refractivity contribution in [1.29, 1.82) is 0 Å². The van der Waals surface area contributed by atoms with Crippen LogP contribution in [0.2, 0.25) is 5.02 Å². The first kappa shape index (κ1) is 13.5. The van der Waals surface area contributed by atoms with E-state index in [2.05, 4.69) is 10.3 Å². The number of carbonyl (C=O) groups excluding carboxylic acids is 2. The number of hydrogen-bond acceptors (Lipinski definition) is 3. The van der Waals surface area contributed by atoms with Gasteiger partial charge in [-0.2, -0.15) is 0 Å². The third kappa shape index (κ3) is 3.10. The summed E-state index contributed by atoms with van der Waals surface area (Å²) in [4.78, 5) is 26.9. The average molecular weight is 295 g/mol. The molecule has 0 atom stereocenters. The van der Waals surface area contributed by atoms with Crippen molar-refractivity contribution >= 4 is 40.0 Å². The number of benzene rings is 1. The molecule has 1 aromatic carbocycles. The van der Waals surface area contributed by atoms with Crippen LogP contribution in [0.15, 0.2) is 42.7 Å².